The molecule has 0 aliphatic carbocycles. The van der Waals surface area contributed by atoms with Gasteiger partial charge in [-0.2, -0.15) is 0 Å². The van der Waals surface area contributed by atoms with Crippen LogP contribution in [0.1, 0.15) is 31.4 Å². The Balaban J connectivity index is 2.11. The van der Waals surface area contributed by atoms with Gasteiger partial charge in [0.05, 0.1) is 12.2 Å². The normalized spacial score (nSPS) is 10.1. The van der Waals surface area contributed by atoms with Crippen LogP contribution in [0.4, 0.5) is 0 Å². The Labute approximate surface area is 105 Å². The summed E-state index contributed by atoms with van der Waals surface area (Å²) >= 11 is 3.37. The van der Waals surface area contributed by atoms with Gasteiger partial charge in [-0.3, -0.25) is 9.78 Å². The lowest BCUT2D eigenvalue weighted by molar-refractivity contribution is -0.121. The van der Waals surface area contributed by atoms with Crippen LogP contribution in [0, 0.1) is 0 Å². The summed E-state index contributed by atoms with van der Waals surface area (Å²) in [5.41, 5.74) is 0.899. The second-order valence-electron chi connectivity index (χ2n) is 3.60. The van der Waals surface area contributed by atoms with E-state index in [1.54, 1.807) is 6.20 Å². The number of unbranched alkanes of at least 4 members (excludes halogenated alkanes) is 2. The van der Waals surface area contributed by atoms with E-state index in [1.807, 2.05) is 18.2 Å². The summed E-state index contributed by atoms with van der Waals surface area (Å²) in [6.07, 6.45) is 5.53. The zero-order valence-electron chi connectivity index (χ0n) is 9.29. The van der Waals surface area contributed by atoms with E-state index in [1.165, 1.54) is 0 Å². The Kier molecular flexibility index (Phi) is 6.81. The summed E-state index contributed by atoms with van der Waals surface area (Å²) in [7, 11) is 0. The van der Waals surface area contributed by atoms with Crippen LogP contribution < -0.4 is 5.32 Å². The van der Waals surface area contributed by atoms with E-state index in [2.05, 4.69) is 26.2 Å². The fourth-order valence-corrected chi connectivity index (χ4v) is 1.73. The lowest BCUT2D eigenvalue weighted by Crippen LogP contribution is -2.22. The van der Waals surface area contributed by atoms with Crippen LogP contribution in [-0.4, -0.2) is 16.2 Å². The third kappa shape index (κ3) is 5.85. The van der Waals surface area contributed by atoms with Crippen LogP contribution >= 0.6 is 15.9 Å². The maximum absolute atomic E-state index is 11.4. The molecule has 16 heavy (non-hydrogen) atoms. The average molecular weight is 285 g/mol. The first-order valence-corrected chi connectivity index (χ1v) is 6.67. The fraction of sp³-hybridized carbons (Fsp3) is 0.500. The number of hydrogen-bond acceptors (Lipinski definition) is 2. The molecule has 0 aliphatic heterocycles. The van der Waals surface area contributed by atoms with E-state index in [0.717, 1.165) is 30.3 Å². The molecule has 1 aromatic rings. The number of nitrogens with zero attached hydrogens (tertiary/aromatic N) is 1. The minimum absolute atomic E-state index is 0.111. The van der Waals surface area contributed by atoms with Crippen LogP contribution in [0.15, 0.2) is 24.4 Å². The summed E-state index contributed by atoms with van der Waals surface area (Å²) in [4.78, 5) is 15.6. The van der Waals surface area contributed by atoms with Gasteiger partial charge < -0.3 is 5.32 Å². The topological polar surface area (TPSA) is 42.0 Å². The van der Waals surface area contributed by atoms with Crippen molar-refractivity contribution in [2.75, 3.05) is 5.33 Å². The van der Waals surface area contributed by atoms with Gasteiger partial charge in [0.15, 0.2) is 0 Å². The molecule has 0 saturated carbocycles. The van der Waals surface area contributed by atoms with Gasteiger partial charge in [-0.15, -0.1) is 0 Å². The third-order valence-corrected chi connectivity index (χ3v) is 2.79. The minimum atomic E-state index is 0.111. The number of carbonyl (C=O) groups is 1. The number of amides is 1. The highest BCUT2D eigenvalue weighted by atomic mass is 79.9. The molecule has 4 heteroatoms. The fourth-order valence-electron chi connectivity index (χ4n) is 1.34. The average Bonchev–Trinajstić information content (AvgIpc) is 2.33. The second-order valence-corrected chi connectivity index (χ2v) is 4.39. The van der Waals surface area contributed by atoms with Crippen molar-refractivity contribution in [2.45, 2.75) is 32.2 Å². The molecule has 1 rings (SSSR count). The van der Waals surface area contributed by atoms with Crippen LogP contribution in [0.5, 0.6) is 0 Å². The van der Waals surface area contributed by atoms with Crippen LogP contribution in [-0.2, 0) is 11.3 Å². The van der Waals surface area contributed by atoms with Crippen molar-refractivity contribution in [3.05, 3.63) is 30.1 Å². The molecular formula is C12H17BrN2O. The van der Waals surface area contributed by atoms with Gasteiger partial charge in [-0.25, -0.2) is 0 Å². The number of halogens is 1. The van der Waals surface area contributed by atoms with Crippen molar-refractivity contribution in [2.24, 2.45) is 0 Å². The second kappa shape index (κ2) is 8.28. The van der Waals surface area contributed by atoms with Gasteiger partial charge in [0, 0.05) is 17.9 Å². The van der Waals surface area contributed by atoms with E-state index in [-0.39, 0.29) is 5.91 Å². The largest absolute Gasteiger partial charge is 0.350 e. The molecule has 0 saturated heterocycles. The van der Waals surface area contributed by atoms with Crippen molar-refractivity contribution >= 4 is 21.8 Å². The maximum atomic E-state index is 11.4. The van der Waals surface area contributed by atoms with Gasteiger partial charge in [0.2, 0.25) is 5.91 Å². The highest BCUT2D eigenvalue weighted by molar-refractivity contribution is 9.09. The first kappa shape index (κ1) is 13.2. The highest BCUT2D eigenvalue weighted by Gasteiger charge is 2.01. The number of rotatable bonds is 7. The Hall–Kier alpha value is -0.900. The summed E-state index contributed by atoms with van der Waals surface area (Å²) in [5, 5.41) is 3.88. The monoisotopic (exact) mass is 284 g/mol. The van der Waals surface area contributed by atoms with Crippen molar-refractivity contribution < 1.29 is 4.79 Å². The van der Waals surface area contributed by atoms with E-state index in [0.29, 0.717) is 13.0 Å². The smallest absolute Gasteiger partial charge is 0.220 e. The molecule has 0 radical (unpaired) electrons. The molecule has 0 fully saturated rings. The molecule has 1 aromatic heterocycles. The molecule has 3 nitrogen and oxygen atoms in total. The molecule has 0 spiro atoms. The quantitative estimate of drug-likeness (QED) is 0.618. The van der Waals surface area contributed by atoms with Crippen molar-refractivity contribution in [3.8, 4) is 0 Å². The molecule has 0 aliphatic rings. The minimum Gasteiger partial charge on any atom is -0.350 e. The molecule has 1 heterocycles. The van der Waals surface area contributed by atoms with Crippen LogP contribution in [0.2, 0.25) is 0 Å². The van der Waals surface area contributed by atoms with E-state index in [9.17, 15) is 4.79 Å². The first-order chi connectivity index (χ1) is 7.83. The van der Waals surface area contributed by atoms with Gasteiger partial charge in [-0.1, -0.05) is 28.4 Å². The van der Waals surface area contributed by atoms with Crippen molar-refractivity contribution in [3.63, 3.8) is 0 Å². The Bertz CT molecular complexity index is 303. The number of aromatic nitrogens is 1. The van der Waals surface area contributed by atoms with Gasteiger partial charge >= 0.3 is 0 Å². The van der Waals surface area contributed by atoms with Gasteiger partial charge in [0.1, 0.15) is 0 Å². The number of pyridine rings is 1. The lowest BCUT2D eigenvalue weighted by Gasteiger charge is -2.04. The van der Waals surface area contributed by atoms with E-state index >= 15 is 0 Å². The zero-order chi connectivity index (χ0) is 11.6. The van der Waals surface area contributed by atoms with Gasteiger partial charge in [-0.05, 0) is 25.0 Å². The molecule has 0 atom stereocenters. The lowest BCUT2D eigenvalue weighted by atomic mass is 10.2. The van der Waals surface area contributed by atoms with Crippen LogP contribution in [0.25, 0.3) is 0 Å². The van der Waals surface area contributed by atoms with E-state index < -0.39 is 0 Å². The summed E-state index contributed by atoms with van der Waals surface area (Å²) in [6.45, 7) is 0.526. The predicted molar refractivity (Wildman–Crippen MR) is 68.3 cm³/mol. The first-order valence-electron chi connectivity index (χ1n) is 5.55. The standard InChI is InChI=1S/C12H17BrN2O/c13-8-4-1-2-7-12(16)15-10-11-6-3-5-9-14-11/h3,5-6,9H,1-2,4,7-8,10H2,(H,15,16). The Morgan fingerprint density at radius 2 is 2.19 bits per heavy atom. The van der Waals surface area contributed by atoms with E-state index in [4.69, 9.17) is 0 Å². The molecule has 1 N–H and O–H groups in total. The summed E-state index contributed by atoms with van der Waals surface area (Å²) in [5.74, 6) is 0.111. The molecule has 0 unspecified atom stereocenters. The third-order valence-electron chi connectivity index (χ3n) is 2.23. The Morgan fingerprint density at radius 1 is 1.31 bits per heavy atom. The summed E-state index contributed by atoms with van der Waals surface area (Å²) < 4.78 is 0. The highest BCUT2D eigenvalue weighted by Crippen LogP contribution is 2.02. The molecule has 0 bridgehead atoms. The zero-order valence-corrected chi connectivity index (χ0v) is 10.9. The van der Waals surface area contributed by atoms with Crippen molar-refractivity contribution in [1.29, 1.82) is 0 Å². The maximum Gasteiger partial charge on any atom is 0.220 e. The molecular weight excluding hydrogens is 268 g/mol. The molecule has 1 amide bonds. The number of alkyl halides is 1. The number of hydrogen-bond donors (Lipinski definition) is 1. The molecule has 0 aromatic carbocycles. The SMILES string of the molecule is O=C(CCCCCBr)NCc1ccccn1. The summed E-state index contributed by atoms with van der Waals surface area (Å²) in [6, 6.07) is 5.70. The molecule has 88 valence electrons. The van der Waals surface area contributed by atoms with Crippen molar-refractivity contribution in [1.82, 2.24) is 10.3 Å². The number of nitrogens with one attached hydrogen (secondary N) is 1. The van der Waals surface area contributed by atoms with Crippen LogP contribution in [0.3, 0.4) is 0 Å². The Morgan fingerprint density at radius 3 is 2.88 bits per heavy atom. The number of carbonyl (C=O) groups excluding carboxylic acids is 1. The predicted octanol–water partition coefficient (Wildman–Crippen LogP) is 2.65. The van der Waals surface area contributed by atoms with Gasteiger partial charge in [0.25, 0.3) is 0 Å².